The molecule has 1 aliphatic rings. The third-order valence-corrected chi connectivity index (χ3v) is 4.46. The average molecular weight is 319 g/mol. The number of carbonyl (C=O) groups is 2. The van der Waals surface area contributed by atoms with Gasteiger partial charge in [-0.2, -0.15) is 0 Å². The van der Waals surface area contributed by atoms with E-state index in [0.717, 1.165) is 25.7 Å². The fourth-order valence-corrected chi connectivity index (χ4v) is 2.97. The van der Waals surface area contributed by atoms with Gasteiger partial charge in [0.25, 0.3) is 5.91 Å². The van der Waals surface area contributed by atoms with Crippen molar-refractivity contribution in [2.24, 2.45) is 5.92 Å². The molecule has 0 aromatic carbocycles. The fourth-order valence-electron chi connectivity index (χ4n) is 2.97. The van der Waals surface area contributed by atoms with Crippen LogP contribution in [0, 0.1) is 5.92 Å². The summed E-state index contributed by atoms with van der Waals surface area (Å²) < 4.78 is 0. The smallest absolute Gasteiger partial charge is 0.253 e. The first-order chi connectivity index (χ1) is 11.0. The number of pyridine rings is 1. The van der Waals surface area contributed by atoms with E-state index in [-0.39, 0.29) is 30.8 Å². The molecule has 0 bridgehead atoms. The Labute approximate surface area is 136 Å². The van der Waals surface area contributed by atoms with E-state index < -0.39 is 5.60 Å². The van der Waals surface area contributed by atoms with Crippen molar-refractivity contribution in [3.05, 3.63) is 30.1 Å². The van der Waals surface area contributed by atoms with Crippen LogP contribution in [-0.4, -0.2) is 40.6 Å². The lowest BCUT2D eigenvalue weighted by atomic mass is 9.78. The van der Waals surface area contributed by atoms with E-state index in [1.807, 2.05) is 0 Å². The summed E-state index contributed by atoms with van der Waals surface area (Å²) in [4.78, 5) is 27.5. The number of aromatic nitrogens is 1. The molecule has 0 aliphatic heterocycles. The van der Waals surface area contributed by atoms with Gasteiger partial charge in [-0.3, -0.25) is 14.6 Å². The number of hydrogen-bond donors (Lipinski definition) is 3. The highest BCUT2D eigenvalue weighted by Gasteiger charge is 2.32. The Morgan fingerprint density at radius 2 is 2.04 bits per heavy atom. The maximum Gasteiger partial charge on any atom is 0.253 e. The largest absolute Gasteiger partial charge is 0.388 e. The summed E-state index contributed by atoms with van der Waals surface area (Å²) in [5, 5.41) is 15.8. The quantitative estimate of drug-likeness (QED) is 0.736. The molecule has 23 heavy (non-hydrogen) atoms. The summed E-state index contributed by atoms with van der Waals surface area (Å²) in [5.41, 5.74) is -0.488. The SMILES string of the molecule is C[C@@](O)(CNC(=O)CNC(=O)c1cccnc1)C1CCCCC1. The van der Waals surface area contributed by atoms with E-state index in [1.54, 1.807) is 25.3 Å². The molecule has 6 heteroatoms. The summed E-state index contributed by atoms with van der Waals surface area (Å²) in [6.45, 7) is 1.87. The highest BCUT2D eigenvalue weighted by atomic mass is 16.3. The molecule has 1 fully saturated rings. The molecule has 0 saturated heterocycles. The number of hydrogen-bond acceptors (Lipinski definition) is 4. The maximum absolute atomic E-state index is 11.9. The Hall–Kier alpha value is -1.95. The van der Waals surface area contributed by atoms with Crippen molar-refractivity contribution in [2.45, 2.75) is 44.6 Å². The molecular weight excluding hydrogens is 294 g/mol. The Morgan fingerprint density at radius 1 is 1.30 bits per heavy atom. The van der Waals surface area contributed by atoms with Gasteiger partial charge in [0, 0.05) is 18.9 Å². The minimum Gasteiger partial charge on any atom is -0.388 e. The average Bonchev–Trinajstić information content (AvgIpc) is 2.59. The molecule has 0 radical (unpaired) electrons. The van der Waals surface area contributed by atoms with Gasteiger partial charge in [-0.1, -0.05) is 19.3 Å². The van der Waals surface area contributed by atoms with Gasteiger partial charge in [-0.25, -0.2) is 0 Å². The second-order valence-corrected chi connectivity index (χ2v) is 6.39. The van der Waals surface area contributed by atoms with Crippen LogP contribution in [0.5, 0.6) is 0 Å². The van der Waals surface area contributed by atoms with E-state index in [9.17, 15) is 14.7 Å². The predicted octanol–water partition coefficient (Wildman–Crippen LogP) is 1.26. The van der Waals surface area contributed by atoms with Crippen molar-refractivity contribution in [3.63, 3.8) is 0 Å². The third-order valence-electron chi connectivity index (χ3n) is 4.46. The first-order valence-corrected chi connectivity index (χ1v) is 8.16. The Bertz CT molecular complexity index is 525. The van der Waals surface area contributed by atoms with Crippen molar-refractivity contribution in [2.75, 3.05) is 13.1 Å². The molecule has 3 N–H and O–H groups in total. The minimum absolute atomic E-state index is 0.117. The van der Waals surface area contributed by atoms with Crippen LogP contribution in [0.3, 0.4) is 0 Å². The molecule has 0 spiro atoms. The van der Waals surface area contributed by atoms with E-state index in [1.165, 1.54) is 12.6 Å². The summed E-state index contributed by atoms with van der Waals surface area (Å²) in [7, 11) is 0. The van der Waals surface area contributed by atoms with Crippen LogP contribution in [0.25, 0.3) is 0 Å². The first-order valence-electron chi connectivity index (χ1n) is 8.16. The second kappa shape index (κ2) is 8.06. The zero-order valence-electron chi connectivity index (χ0n) is 13.5. The summed E-state index contributed by atoms with van der Waals surface area (Å²) in [6, 6.07) is 3.30. The van der Waals surface area contributed by atoms with Gasteiger partial charge >= 0.3 is 0 Å². The number of nitrogens with zero attached hydrogens (tertiary/aromatic N) is 1. The summed E-state index contributed by atoms with van der Waals surface area (Å²) in [5.74, 6) is -0.424. The minimum atomic E-state index is -0.899. The van der Waals surface area contributed by atoms with Crippen LogP contribution in [0.15, 0.2) is 24.5 Å². The number of amides is 2. The summed E-state index contributed by atoms with van der Waals surface area (Å²) >= 11 is 0. The van der Waals surface area contributed by atoms with E-state index in [4.69, 9.17) is 0 Å². The van der Waals surface area contributed by atoms with Crippen LogP contribution < -0.4 is 10.6 Å². The number of rotatable bonds is 6. The summed E-state index contributed by atoms with van der Waals surface area (Å²) in [6.07, 6.45) is 8.52. The fraction of sp³-hybridized carbons (Fsp3) is 0.588. The molecule has 1 atom stereocenters. The van der Waals surface area contributed by atoms with Crippen LogP contribution in [0.4, 0.5) is 0 Å². The normalized spacial score (nSPS) is 18.0. The highest BCUT2D eigenvalue weighted by molar-refractivity contribution is 5.96. The Morgan fingerprint density at radius 3 is 2.70 bits per heavy atom. The van der Waals surface area contributed by atoms with Gasteiger partial charge < -0.3 is 15.7 Å². The van der Waals surface area contributed by atoms with E-state index in [0.29, 0.717) is 5.56 Å². The molecule has 1 aromatic heterocycles. The van der Waals surface area contributed by atoms with Crippen LogP contribution in [0.1, 0.15) is 49.4 Å². The molecule has 0 unspecified atom stereocenters. The van der Waals surface area contributed by atoms with Crippen molar-refractivity contribution in [1.29, 1.82) is 0 Å². The molecule has 2 amide bonds. The first kappa shape index (κ1) is 17.4. The van der Waals surface area contributed by atoms with Crippen molar-refractivity contribution < 1.29 is 14.7 Å². The second-order valence-electron chi connectivity index (χ2n) is 6.39. The lowest BCUT2D eigenvalue weighted by Crippen LogP contribution is -2.48. The maximum atomic E-state index is 11.9. The van der Waals surface area contributed by atoms with E-state index in [2.05, 4.69) is 15.6 Å². The Balaban J connectivity index is 1.73. The molecule has 1 saturated carbocycles. The molecular formula is C17H25N3O3. The monoisotopic (exact) mass is 319 g/mol. The van der Waals surface area contributed by atoms with Crippen molar-refractivity contribution >= 4 is 11.8 Å². The molecule has 1 aliphatic carbocycles. The Kier molecular flexibility index (Phi) is 6.10. The van der Waals surface area contributed by atoms with Crippen LogP contribution in [-0.2, 0) is 4.79 Å². The predicted molar refractivity (Wildman–Crippen MR) is 86.8 cm³/mol. The topological polar surface area (TPSA) is 91.3 Å². The standard InChI is InChI=1S/C17H25N3O3/c1-17(23,14-7-3-2-4-8-14)12-20-15(21)11-19-16(22)13-6-5-9-18-10-13/h5-6,9-10,14,23H,2-4,7-8,11-12H2,1H3,(H,19,22)(H,20,21)/t17-/m1/s1. The van der Waals surface area contributed by atoms with Gasteiger partial charge in [-0.15, -0.1) is 0 Å². The highest BCUT2D eigenvalue weighted by Crippen LogP contribution is 2.32. The third kappa shape index (κ3) is 5.32. The molecule has 1 heterocycles. The zero-order valence-corrected chi connectivity index (χ0v) is 13.5. The molecule has 2 rings (SSSR count). The van der Waals surface area contributed by atoms with Gasteiger partial charge in [0.2, 0.25) is 5.91 Å². The number of carbonyl (C=O) groups excluding carboxylic acids is 2. The van der Waals surface area contributed by atoms with Crippen molar-refractivity contribution in [3.8, 4) is 0 Å². The lowest BCUT2D eigenvalue weighted by Gasteiger charge is -2.35. The zero-order chi connectivity index (χ0) is 16.7. The van der Waals surface area contributed by atoms with Gasteiger partial charge in [0.15, 0.2) is 0 Å². The lowest BCUT2D eigenvalue weighted by molar-refractivity contribution is -0.122. The molecule has 1 aromatic rings. The van der Waals surface area contributed by atoms with Gasteiger partial charge in [-0.05, 0) is 37.8 Å². The van der Waals surface area contributed by atoms with Crippen molar-refractivity contribution in [1.82, 2.24) is 15.6 Å². The molecule has 126 valence electrons. The van der Waals surface area contributed by atoms with Gasteiger partial charge in [0.1, 0.15) is 0 Å². The number of aliphatic hydroxyl groups is 1. The number of nitrogens with one attached hydrogen (secondary N) is 2. The van der Waals surface area contributed by atoms with Crippen LogP contribution in [0.2, 0.25) is 0 Å². The van der Waals surface area contributed by atoms with E-state index >= 15 is 0 Å². The molecule has 6 nitrogen and oxygen atoms in total. The van der Waals surface area contributed by atoms with Crippen LogP contribution >= 0.6 is 0 Å². The van der Waals surface area contributed by atoms with Gasteiger partial charge in [0.05, 0.1) is 17.7 Å².